The Morgan fingerprint density at radius 2 is 2.40 bits per heavy atom. The summed E-state index contributed by atoms with van der Waals surface area (Å²) in [6.45, 7) is 3.70. The molecular weight excluding hydrogens is 342 g/mol. The van der Waals surface area contributed by atoms with E-state index in [1.165, 1.54) is 22.1 Å². The molecule has 1 atom stereocenters. The minimum atomic E-state index is -0.594. The second kappa shape index (κ2) is 6.64. The lowest BCUT2D eigenvalue weighted by Crippen LogP contribution is -2.20. The molecule has 1 amide bonds. The molecule has 8 nitrogen and oxygen atoms in total. The van der Waals surface area contributed by atoms with E-state index >= 15 is 0 Å². The first kappa shape index (κ1) is 17.1. The summed E-state index contributed by atoms with van der Waals surface area (Å²) in [5.41, 5.74) is 2.12. The van der Waals surface area contributed by atoms with Gasteiger partial charge in [0.1, 0.15) is 17.6 Å². The molecule has 0 saturated heterocycles. The number of amides is 1. The summed E-state index contributed by atoms with van der Waals surface area (Å²) in [5.74, 6) is -0.0682. The number of aromatic nitrogens is 2. The Kier molecular flexibility index (Phi) is 4.55. The summed E-state index contributed by atoms with van der Waals surface area (Å²) in [4.78, 5) is 23.6. The fourth-order valence-electron chi connectivity index (χ4n) is 3.00. The molecule has 2 aromatic rings. The van der Waals surface area contributed by atoms with Crippen LogP contribution in [0.15, 0.2) is 6.07 Å². The van der Waals surface area contributed by atoms with Crippen molar-refractivity contribution in [3.63, 3.8) is 0 Å². The zero-order chi connectivity index (χ0) is 18.1. The predicted molar refractivity (Wildman–Crippen MR) is 92.5 cm³/mol. The van der Waals surface area contributed by atoms with Crippen LogP contribution in [0, 0.1) is 34.3 Å². The van der Waals surface area contributed by atoms with Crippen LogP contribution in [0.2, 0.25) is 0 Å². The number of nitrogens with zero attached hydrogens (tertiary/aromatic N) is 4. The normalized spacial score (nSPS) is 16.1. The van der Waals surface area contributed by atoms with Crippen molar-refractivity contribution in [2.75, 3.05) is 5.32 Å². The highest BCUT2D eigenvalue weighted by molar-refractivity contribution is 7.16. The zero-order valence-electron chi connectivity index (χ0n) is 13.9. The number of carbonyl (C=O) groups excluding carboxylic acids is 1. The maximum absolute atomic E-state index is 12.3. The Labute approximate surface area is 148 Å². The average Bonchev–Trinajstić information content (AvgIpc) is 3.07. The molecule has 25 heavy (non-hydrogen) atoms. The highest BCUT2D eigenvalue weighted by atomic mass is 32.1. The average molecular weight is 359 g/mol. The van der Waals surface area contributed by atoms with Gasteiger partial charge in [-0.1, -0.05) is 6.92 Å². The molecule has 1 unspecified atom stereocenters. The molecule has 1 aliphatic rings. The maximum atomic E-state index is 12.3. The number of nitrogens with one attached hydrogen (secondary N) is 1. The quantitative estimate of drug-likeness (QED) is 0.666. The third-order valence-corrected chi connectivity index (χ3v) is 5.49. The molecule has 0 fully saturated rings. The lowest BCUT2D eigenvalue weighted by atomic mass is 9.89. The van der Waals surface area contributed by atoms with Gasteiger partial charge in [-0.3, -0.25) is 4.79 Å². The lowest BCUT2D eigenvalue weighted by molar-refractivity contribution is -0.389. The van der Waals surface area contributed by atoms with Gasteiger partial charge in [-0.25, -0.2) is 0 Å². The SMILES string of the molecule is Cc1cc([N+](=O)[O-])nn1CC(=O)Nc1sc2c(c1C#N)CCC(C)C2. The number of aryl methyl sites for hydroxylation is 1. The Bertz CT molecular complexity index is 892. The highest BCUT2D eigenvalue weighted by Gasteiger charge is 2.25. The van der Waals surface area contributed by atoms with Gasteiger partial charge < -0.3 is 15.4 Å². The van der Waals surface area contributed by atoms with E-state index in [0.29, 0.717) is 22.2 Å². The van der Waals surface area contributed by atoms with Crippen LogP contribution in [0.5, 0.6) is 0 Å². The van der Waals surface area contributed by atoms with Gasteiger partial charge in [0.15, 0.2) is 0 Å². The lowest BCUT2D eigenvalue weighted by Gasteiger charge is -2.17. The van der Waals surface area contributed by atoms with Gasteiger partial charge in [-0.2, -0.15) is 9.94 Å². The van der Waals surface area contributed by atoms with E-state index in [9.17, 15) is 20.2 Å². The minimum Gasteiger partial charge on any atom is -0.358 e. The van der Waals surface area contributed by atoms with Crippen molar-refractivity contribution in [3.05, 3.63) is 37.9 Å². The van der Waals surface area contributed by atoms with E-state index in [1.54, 1.807) is 6.92 Å². The molecule has 0 radical (unpaired) electrons. The molecule has 0 bridgehead atoms. The molecule has 1 aliphatic carbocycles. The second-order valence-corrected chi connectivity index (χ2v) is 7.38. The number of fused-ring (bicyclic) bond motifs is 1. The first-order valence-corrected chi connectivity index (χ1v) is 8.74. The summed E-state index contributed by atoms with van der Waals surface area (Å²) in [6, 6.07) is 3.52. The van der Waals surface area contributed by atoms with Crippen LogP contribution in [0.4, 0.5) is 10.8 Å². The van der Waals surface area contributed by atoms with Crippen molar-refractivity contribution in [3.8, 4) is 6.07 Å². The second-order valence-electron chi connectivity index (χ2n) is 6.27. The summed E-state index contributed by atoms with van der Waals surface area (Å²) >= 11 is 1.45. The third kappa shape index (κ3) is 3.39. The van der Waals surface area contributed by atoms with Gasteiger partial charge in [-0.05, 0) is 42.6 Å². The van der Waals surface area contributed by atoms with Gasteiger partial charge in [0.2, 0.25) is 5.91 Å². The smallest absolute Gasteiger partial charge is 0.358 e. The predicted octanol–water partition coefficient (Wildman–Crippen LogP) is 2.80. The molecule has 1 N–H and O–H groups in total. The van der Waals surface area contributed by atoms with E-state index in [1.807, 2.05) is 0 Å². The molecule has 0 aliphatic heterocycles. The van der Waals surface area contributed by atoms with Crippen molar-refractivity contribution in [2.45, 2.75) is 39.7 Å². The molecule has 2 aromatic heterocycles. The van der Waals surface area contributed by atoms with Crippen LogP contribution in [-0.4, -0.2) is 20.6 Å². The fourth-order valence-corrected chi connectivity index (χ4v) is 4.38. The Balaban J connectivity index is 1.78. The summed E-state index contributed by atoms with van der Waals surface area (Å²) < 4.78 is 1.29. The van der Waals surface area contributed by atoms with Gasteiger partial charge >= 0.3 is 5.82 Å². The number of thiophene rings is 1. The molecule has 9 heteroatoms. The highest BCUT2D eigenvalue weighted by Crippen LogP contribution is 2.39. The van der Waals surface area contributed by atoms with E-state index in [2.05, 4.69) is 23.4 Å². The molecule has 3 rings (SSSR count). The fraction of sp³-hybridized carbons (Fsp3) is 0.438. The van der Waals surface area contributed by atoms with E-state index in [-0.39, 0.29) is 18.3 Å². The molecule has 130 valence electrons. The van der Waals surface area contributed by atoms with Crippen molar-refractivity contribution in [1.29, 1.82) is 5.26 Å². The van der Waals surface area contributed by atoms with Crippen molar-refractivity contribution in [2.24, 2.45) is 5.92 Å². The molecular formula is C16H17N5O3S. The summed E-state index contributed by atoms with van der Waals surface area (Å²) in [5, 5.41) is 27.4. The first-order chi connectivity index (χ1) is 11.9. The number of rotatable bonds is 4. The van der Waals surface area contributed by atoms with Crippen molar-refractivity contribution in [1.82, 2.24) is 9.78 Å². The Morgan fingerprint density at radius 3 is 3.04 bits per heavy atom. The van der Waals surface area contributed by atoms with E-state index in [4.69, 9.17) is 0 Å². The van der Waals surface area contributed by atoms with Gasteiger partial charge in [-0.15, -0.1) is 11.3 Å². The molecule has 0 aromatic carbocycles. The van der Waals surface area contributed by atoms with Crippen LogP contribution in [0.25, 0.3) is 0 Å². The van der Waals surface area contributed by atoms with E-state index < -0.39 is 4.92 Å². The number of carbonyl (C=O) groups is 1. The standard InChI is InChI=1S/C16H17N5O3S/c1-9-3-4-11-12(7-17)16(25-13(11)5-9)18-15(22)8-20-10(2)6-14(19-20)21(23)24/h6,9H,3-5,8H2,1-2H3,(H,18,22). The van der Waals surface area contributed by atoms with Gasteiger partial charge in [0.05, 0.1) is 22.4 Å². The number of nitriles is 1. The number of anilines is 1. The topological polar surface area (TPSA) is 114 Å². The van der Waals surface area contributed by atoms with Crippen LogP contribution in [0.1, 0.15) is 35.0 Å². The minimum absolute atomic E-state index is 0.135. The Hall–Kier alpha value is -2.73. The van der Waals surface area contributed by atoms with Gasteiger partial charge in [0.25, 0.3) is 0 Å². The number of hydrogen-bond donors (Lipinski definition) is 1. The van der Waals surface area contributed by atoms with Crippen LogP contribution in [0.3, 0.4) is 0 Å². The first-order valence-electron chi connectivity index (χ1n) is 7.92. The molecule has 2 heterocycles. The summed E-state index contributed by atoms with van der Waals surface area (Å²) in [7, 11) is 0. The third-order valence-electron chi connectivity index (χ3n) is 4.33. The monoisotopic (exact) mass is 359 g/mol. The maximum Gasteiger partial charge on any atom is 0.390 e. The number of hydrogen-bond acceptors (Lipinski definition) is 6. The summed E-state index contributed by atoms with van der Waals surface area (Å²) in [6.07, 6.45) is 2.83. The van der Waals surface area contributed by atoms with Crippen LogP contribution in [-0.2, 0) is 24.2 Å². The Morgan fingerprint density at radius 1 is 1.64 bits per heavy atom. The van der Waals surface area contributed by atoms with Crippen molar-refractivity contribution >= 4 is 28.1 Å². The zero-order valence-corrected chi connectivity index (χ0v) is 14.7. The van der Waals surface area contributed by atoms with E-state index in [0.717, 1.165) is 29.7 Å². The number of nitro groups is 1. The van der Waals surface area contributed by atoms with Crippen LogP contribution >= 0.6 is 11.3 Å². The van der Waals surface area contributed by atoms with Crippen molar-refractivity contribution < 1.29 is 9.72 Å². The molecule has 0 spiro atoms. The molecule has 0 saturated carbocycles. The largest absolute Gasteiger partial charge is 0.390 e. The van der Waals surface area contributed by atoms with Gasteiger partial charge in [0, 0.05) is 4.88 Å². The van der Waals surface area contributed by atoms with Crippen LogP contribution < -0.4 is 5.32 Å².